The standard InChI is InChI=1S/C28H30N4O3S3/c1-4-32-25(21-15-36-22-13-17(3)11-12-19(21)22)30-31-28(32)38-16-23(33)29-26-24(27(34)35-5-2)20(14-37-26)18-9-7-6-8-10-18/h6-10,14-15,17H,4-5,11-13,16H2,1-3H3,(H,29,33). The van der Waals surface area contributed by atoms with Crippen LogP contribution in [0.25, 0.3) is 22.5 Å². The van der Waals surface area contributed by atoms with Gasteiger partial charge < -0.3 is 14.6 Å². The second kappa shape index (κ2) is 11.8. The fourth-order valence-electron chi connectivity index (χ4n) is 4.72. The number of ether oxygens (including phenoxy) is 1. The minimum absolute atomic E-state index is 0.151. The second-order valence-corrected chi connectivity index (χ2v) is 12.0. The predicted molar refractivity (Wildman–Crippen MR) is 155 cm³/mol. The monoisotopic (exact) mass is 566 g/mol. The van der Waals surface area contributed by atoms with Crippen LogP contribution in [0.1, 0.15) is 48.0 Å². The summed E-state index contributed by atoms with van der Waals surface area (Å²) in [5, 5.41) is 17.2. The first kappa shape index (κ1) is 26.6. The minimum atomic E-state index is -0.445. The molecule has 0 fully saturated rings. The third-order valence-electron chi connectivity index (χ3n) is 6.62. The zero-order valence-corrected chi connectivity index (χ0v) is 24.1. The lowest BCUT2D eigenvalue weighted by atomic mass is 9.88. The highest BCUT2D eigenvalue weighted by Gasteiger charge is 2.25. The van der Waals surface area contributed by atoms with Crippen LogP contribution in [0.5, 0.6) is 0 Å². The molecule has 0 bridgehead atoms. The number of esters is 1. The topological polar surface area (TPSA) is 86.1 Å². The van der Waals surface area contributed by atoms with Gasteiger partial charge in [0.2, 0.25) is 5.91 Å². The van der Waals surface area contributed by atoms with Crippen molar-refractivity contribution in [2.75, 3.05) is 17.7 Å². The number of nitrogens with zero attached hydrogens (tertiary/aromatic N) is 3. The van der Waals surface area contributed by atoms with E-state index in [1.807, 2.05) is 47.0 Å². The second-order valence-electron chi connectivity index (χ2n) is 9.23. The molecule has 198 valence electrons. The average molecular weight is 567 g/mol. The smallest absolute Gasteiger partial charge is 0.341 e. The van der Waals surface area contributed by atoms with Crippen LogP contribution in [0.4, 0.5) is 5.00 Å². The van der Waals surface area contributed by atoms with E-state index >= 15 is 0 Å². The lowest BCUT2D eigenvalue weighted by molar-refractivity contribution is -0.113. The first-order valence-corrected chi connectivity index (χ1v) is 15.5. The molecule has 1 aliphatic carbocycles. The molecule has 7 nitrogen and oxygen atoms in total. The van der Waals surface area contributed by atoms with Crippen LogP contribution < -0.4 is 5.32 Å². The Hall–Kier alpha value is -2.95. The van der Waals surface area contributed by atoms with E-state index in [9.17, 15) is 9.59 Å². The van der Waals surface area contributed by atoms with Crippen LogP contribution in [0, 0.1) is 5.92 Å². The van der Waals surface area contributed by atoms with Gasteiger partial charge in [-0.2, -0.15) is 0 Å². The number of hydrogen-bond acceptors (Lipinski definition) is 8. The summed E-state index contributed by atoms with van der Waals surface area (Å²) in [6.45, 7) is 7.12. The van der Waals surface area contributed by atoms with Crippen LogP contribution in [0.3, 0.4) is 0 Å². The van der Waals surface area contributed by atoms with Gasteiger partial charge in [0.1, 0.15) is 10.6 Å². The van der Waals surface area contributed by atoms with Crippen molar-refractivity contribution in [3.63, 3.8) is 0 Å². The van der Waals surface area contributed by atoms with Crippen LogP contribution in [0.2, 0.25) is 0 Å². The normalized spacial score (nSPS) is 14.8. The number of nitrogens with one attached hydrogen (secondary N) is 1. The highest BCUT2D eigenvalue weighted by Crippen LogP contribution is 2.39. The van der Waals surface area contributed by atoms with Crippen molar-refractivity contribution in [1.29, 1.82) is 0 Å². The molecule has 0 spiro atoms. The molecule has 0 aliphatic heterocycles. The fourth-order valence-corrected chi connectivity index (χ4v) is 7.74. The molecule has 3 aromatic heterocycles. The number of rotatable bonds is 9. The van der Waals surface area contributed by atoms with E-state index in [0.29, 0.717) is 22.3 Å². The van der Waals surface area contributed by atoms with E-state index in [1.165, 1.54) is 45.5 Å². The number of carbonyl (C=O) groups is 2. The third-order valence-corrected chi connectivity index (χ3v) is 9.53. The number of thiophene rings is 2. The van der Waals surface area contributed by atoms with Crippen molar-refractivity contribution < 1.29 is 14.3 Å². The van der Waals surface area contributed by atoms with E-state index in [4.69, 9.17) is 4.74 Å². The summed E-state index contributed by atoms with van der Waals surface area (Å²) in [5.74, 6) is 1.09. The summed E-state index contributed by atoms with van der Waals surface area (Å²) in [4.78, 5) is 27.3. The first-order chi connectivity index (χ1) is 18.5. The average Bonchev–Trinajstić information content (AvgIpc) is 3.64. The number of aromatic nitrogens is 3. The van der Waals surface area contributed by atoms with Gasteiger partial charge in [0.15, 0.2) is 11.0 Å². The molecule has 4 aromatic rings. The molecule has 0 saturated carbocycles. The highest BCUT2D eigenvalue weighted by molar-refractivity contribution is 7.99. The maximum Gasteiger partial charge on any atom is 0.341 e. The van der Waals surface area contributed by atoms with Gasteiger partial charge in [-0.1, -0.05) is 49.0 Å². The number of benzene rings is 1. The molecule has 0 radical (unpaired) electrons. The molecular weight excluding hydrogens is 537 g/mol. The van der Waals surface area contributed by atoms with Crippen LogP contribution in [-0.2, 0) is 28.9 Å². The van der Waals surface area contributed by atoms with Gasteiger partial charge in [0.05, 0.1) is 12.4 Å². The predicted octanol–water partition coefficient (Wildman–Crippen LogP) is 6.79. The summed E-state index contributed by atoms with van der Waals surface area (Å²) in [5.41, 5.74) is 4.62. The van der Waals surface area contributed by atoms with E-state index in [0.717, 1.165) is 35.7 Å². The Morgan fingerprint density at radius 1 is 1.13 bits per heavy atom. The van der Waals surface area contributed by atoms with Crippen LogP contribution in [0.15, 0.2) is 46.2 Å². The van der Waals surface area contributed by atoms with Gasteiger partial charge in [-0.25, -0.2) is 4.79 Å². The quantitative estimate of drug-likeness (QED) is 0.177. The summed E-state index contributed by atoms with van der Waals surface area (Å²) in [6.07, 6.45) is 3.40. The Bertz CT molecular complexity index is 1440. The third kappa shape index (κ3) is 5.43. The van der Waals surface area contributed by atoms with Gasteiger partial charge >= 0.3 is 5.97 Å². The number of hydrogen-bond donors (Lipinski definition) is 1. The van der Waals surface area contributed by atoms with E-state index in [-0.39, 0.29) is 18.3 Å². The molecule has 0 saturated heterocycles. The Kier molecular flexibility index (Phi) is 8.30. The van der Waals surface area contributed by atoms with Crippen molar-refractivity contribution in [3.05, 3.63) is 57.1 Å². The van der Waals surface area contributed by atoms with Crippen molar-refractivity contribution in [2.45, 2.75) is 51.7 Å². The molecule has 1 atom stereocenters. The number of amides is 1. The van der Waals surface area contributed by atoms with Crippen molar-refractivity contribution >= 4 is 51.3 Å². The molecule has 1 N–H and O–H groups in total. The van der Waals surface area contributed by atoms with Gasteiger partial charge in [0.25, 0.3) is 0 Å². The highest BCUT2D eigenvalue weighted by atomic mass is 32.2. The van der Waals surface area contributed by atoms with Gasteiger partial charge in [-0.05, 0) is 50.2 Å². The molecule has 3 heterocycles. The van der Waals surface area contributed by atoms with Gasteiger partial charge in [-0.3, -0.25) is 4.79 Å². The summed E-state index contributed by atoms with van der Waals surface area (Å²) in [6, 6.07) is 9.63. The fraction of sp³-hybridized carbons (Fsp3) is 0.357. The number of anilines is 1. The number of thioether (sulfide) groups is 1. The number of carbonyl (C=O) groups excluding carboxylic acids is 2. The van der Waals surface area contributed by atoms with Gasteiger partial charge in [-0.15, -0.1) is 32.9 Å². The molecular formula is C28H30N4O3S3. The zero-order valence-electron chi connectivity index (χ0n) is 21.7. The molecule has 1 unspecified atom stereocenters. The maximum atomic E-state index is 13.0. The Morgan fingerprint density at radius 3 is 2.68 bits per heavy atom. The van der Waals surface area contributed by atoms with Gasteiger partial charge in [0, 0.05) is 33.3 Å². The van der Waals surface area contributed by atoms with Crippen LogP contribution >= 0.6 is 34.4 Å². The first-order valence-electron chi connectivity index (χ1n) is 12.8. The minimum Gasteiger partial charge on any atom is -0.462 e. The Balaban J connectivity index is 1.32. The summed E-state index contributed by atoms with van der Waals surface area (Å²) >= 11 is 4.49. The maximum absolute atomic E-state index is 13.0. The number of fused-ring (bicyclic) bond motifs is 1. The SMILES string of the molecule is CCOC(=O)c1c(-c2ccccc2)csc1NC(=O)CSc1nnc(-c2csc3c2CCC(C)C3)n1CC. The largest absolute Gasteiger partial charge is 0.462 e. The van der Waals surface area contributed by atoms with E-state index in [2.05, 4.69) is 39.3 Å². The van der Waals surface area contributed by atoms with Crippen molar-refractivity contribution in [2.24, 2.45) is 5.92 Å². The lowest BCUT2D eigenvalue weighted by Gasteiger charge is -2.19. The Morgan fingerprint density at radius 2 is 1.92 bits per heavy atom. The molecule has 1 amide bonds. The van der Waals surface area contributed by atoms with Crippen molar-refractivity contribution in [1.82, 2.24) is 14.8 Å². The van der Waals surface area contributed by atoms with E-state index < -0.39 is 5.97 Å². The molecule has 38 heavy (non-hydrogen) atoms. The van der Waals surface area contributed by atoms with Crippen LogP contribution in [-0.4, -0.2) is 39.0 Å². The molecule has 1 aliphatic rings. The summed E-state index contributed by atoms with van der Waals surface area (Å²) < 4.78 is 7.39. The van der Waals surface area contributed by atoms with Crippen molar-refractivity contribution in [3.8, 4) is 22.5 Å². The lowest BCUT2D eigenvalue weighted by Crippen LogP contribution is -2.17. The molecule has 10 heteroatoms. The Labute approximate surface area is 234 Å². The van der Waals surface area contributed by atoms with E-state index in [1.54, 1.807) is 6.92 Å². The molecule has 1 aromatic carbocycles. The zero-order chi connectivity index (χ0) is 26.6. The summed E-state index contributed by atoms with van der Waals surface area (Å²) in [7, 11) is 0. The molecule has 5 rings (SSSR count).